The number of nitrogens with zero attached hydrogens (tertiary/aromatic N) is 1. The van der Waals surface area contributed by atoms with E-state index in [0.29, 0.717) is 25.9 Å². The molecule has 2 aliphatic heterocycles. The highest BCUT2D eigenvalue weighted by molar-refractivity contribution is 5.95. The van der Waals surface area contributed by atoms with Gasteiger partial charge in [-0.25, -0.2) is 0 Å². The monoisotopic (exact) mass is 461 g/mol. The lowest BCUT2D eigenvalue weighted by atomic mass is 9.94. The second kappa shape index (κ2) is 8.64. The molecule has 3 amide bonds. The van der Waals surface area contributed by atoms with Crippen LogP contribution >= 0.6 is 0 Å². The third kappa shape index (κ3) is 5.79. The van der Waals surface area contributed by atoms with E-state index in [1.165, 1.54) is 4.90 Å². The number of ketones is 1. The Kier molecular flexibility index (Phi) is 6.61. The number of hydrogen-bond donors (Lipinski definition) is 2. The first-order chi connectivity index (χ1) is 14.7. The molecule has 11 heteroatoms. The van der Waals surface area contributed by atoms with Gasteiger partial charge in [0.2, 0.25) is 17.7 Å². The summed E-state index contributed by atoms with van der Waals surface area (Å²) in [6.07, 6.45) is -2.45. The van der Waals surface area contributed by atoms with Gasteiger partial charge < -0.3 is 15.5 Å². The second-order valence-electron chi connectivity index (χ2n) is 10.2. The molecule has 2 N–H and O–H groups in total. The summed E-state index contributed by atoms with van der Waals surface area (Å²) < 4.78 is 40.9. The fraction of sp³-hybridized carbons (Fsp3) is 0.810. The number of halogens is 3. The topological polar surface area (TPSA) is 105 Å². The van der Waals surface area contributed by atoms with Crippen molar-refractivity contribution in [1.29, 1.82) is 0 Å². The predicted molar refractivity (Wildman–Crippen MR) is 106 cm³/mol. The Labute approximate surface area is 184 Å². The third-order valence-corrected chi connectivity index (χ3v) is 6.44. The molecular formula is C21H30F3N3O5. The SMILES string of the molecule is CC(C)(C)C(=O)N1CC2(CC2)C[C@H]1C(=O)N[C@@H](C[C@@H]1CCNC1=O)C(=O)COC(F)(F)F. The molecule has 8 nitrogen and oxygen atoms in total. The maximum atomic E-state index is 13.2. The lowest BCUT2D eigenvalue weighted by molar-refractivity contribution is -0.321. The Morgan fingerprint density at radius 1 is 1.25 bits per heavy atom. The smallest absolute Gasteiger partial charge is 0.356 e. The molecule has 2 heterocycles. The Balaban J connectivity index is 1.74. The molecule has 0 unspecified atom stereocenters. The molecule has 0 aromatic heterocycles. The molecule has 0 aromatic carbocycles. The number of rotatable bonds is 7. The minimum absolute atomic E-state index is 0.104. The number of Topliss-reactive ketones (excluding diaryl/α,β-unsaturated/α-hetero) is 1. The van der Waals surface area contributed by atoms with Crippen molar-refractivity contribution in [3.8, 4) is 0 Å². The van der Waals surface area contributed by atoms with Gasteiger partial charge in [-0.1, -0.05) is 20.8 Å². The van der Waals surface area contributed by atoms with Crippen LogP contribution in [0.25, 0.3) is 0 Å². The first kappa shape index (κ1) is 24.5. The molecule has 3 atom stereocenters. The molecule has 0 aromatic rings. The molecule has 2 saturated heterocycles. The van der Waals surface area contributed by atoms with Gasteiger partial charge in [0.1, 0.15) is 12.6 Å². The van der Waals surface area contributed by atoms with Crippen molar-refractivity contribution in [2.24, 2.45) is 16.7 Å². The highest BCUT2D eigenvalue weighted by Gasteiger charge is 2.56. The van der Waals surface area contributed by atoms with Gasteiger partial charge in [0.05, 0.1) is 6.04 Å². The van der Waals surface area contributed by atoms with Crippen LogP contribution in [-0.2, 0) is 23.9 Å². The van der Waals surface area contributed by atoms with Crippen molar-refractivity contribution in [3.05, 3.63) is 0 Å². The van der Waals surface area contributed by atoms with Gasteiger partial charge >= 0.3 is 6.36 Å². The van der Waals surface area contributed by atoms with E-state index in [9.17, 15) is 32.3 Å². The van der Waals surface area contributed by atoms with Gasteiger partial charge in [-0.2, -0.15) is 0 Å². The maximum absolute atomic E-state index is 13.2. The van der Waals surface area contributed by atoms with Gasteiger partial charge in [0, 0.05) is 24.4 Å². The maximum Gasteiger partial charge on any atom is 0.522 e. The molecule has 1 aliphatic carbocycles. The summed E-state index contributed by atoms with van der Waals surface area (Å²) in [7, 11) is 0. The normalized spacial score (nSPS) is 25.6. The Morgan fingerprint density at radius 2 is 1.91 bits per heavy atom. The number of hydrogen-bond acceptors (Lipinski definition) is 5. The van der Waals surface area contributed by atoms with Crippen molar-refractivity contribution in [1.82, 2.24) is 15.5 Å². The van der Waals surface area contributed by atoms with E-state index in [-0.39, 0.29) is 23.7 Å². The molecule has 3 aliphatic rings. The summed E-state index contributed by atoms with van der Waals surface area (Å²) in [5, 5.41) is 5.14. The lowest BCUT2D eigenvalue weighted by Crippen LogP contribution is -2.53. The molecule has 1 spiro atoms. The number of amides is 3. The average Bonchev–Trinajstić information content (AvgIpc) is 3.13. The number of nitrogens with one attached hydrogen (secondary N) is 2. The van der Waals surface area contributed by atoms with Crippen LogP contribution in [0.1, 0.15) is 52.9 Å². The summed E-state index contributed by atoms with van der Waals surface area (Å²) in [5.74, 6) is -2.66. The Bertz CT molecular complexity index is 789. The van der Waals surface area contributed by atoms with Crippen LogP contribution in [0.3, 0.4) is 0 Å². The fourth-order valence-electron chi connectivity index (χ4n) is 4.42. The quantitative estimate of drug-likeness (QED) is 0.598. The van der Waals surface area contributed by atoms with Crippen molar-refractivity contribution >= 4 is 23.5 Å². The number of likely N-dealkylation sites (tertiary alicyclic amines) is 1. The van der Waals surface area contributed by atoms with E-state index in [0.717, 1.165) is 12.8 Å². The van der Waals surface area contributed by atoms with Gasteiger partial charge in [0.15, 0.2) is 5.78 Å². The van der Waals surface area contributed by atoms with E-state index in [1.807, 2.05) is 0 Å². The number of alkyl halides is 3. The van der Waals surface area contributed by atoms with Gasteiger partial charge in [-0.3, -0.25) is 23.9 Å². The first-order valence-corrected chi connectivity index (χ1v) is 10.8. The van der Waals surface area contributed by atoms with E-state index >= 15 is 0 Å². The summed E-state index contributed by atoms with van der Waals surface area (Å²) in [5.41, 5.74) is -0.816. The molecule has 0 bridgehead atoms. The summed E-state index contributed by atoms with van der Waals surface area (Å²) >= 11 is 0. The first-order valence-electron chi connectivity index (χ1n) is 10.8. The van der Waals surface area contributed by atoms with E-state index in [4.69, 9.17) is 0 Å². The zero-order valence-electron chi connectivity index (χ0n) is 18.5. The predicted octanol–water partition coefficient (Wildman–Crippen LogP) is 1.53. The van der Waals surface area contributed by atoms with Crippen LogP contribution in [0.5, 0.6) is 0 Å². The van der Waals surface area contributed by atoms with E-state index in [2.05, 4.69) is 15.4 Å². The van der Waals surface area contributed by atoms with Crippen LogP contribution in [0.15, 0.2) is 0 Å². The number of carbonyl (C=O) groups excluding carboxylic acids is 4. The highest BCUT2D eigenvalue weighted by atomic mass is 19.4. The zero-order chi connectivity index (χ0) is 23.9. The summed E-state index contributed by atoms with van der Waals surface area (Å²) in [4.78, 5) is 52.0. The molecule has 180 valence electrons. The average molecular weight is 461 g/mol. The van der Waals surface area contributed by atoms with Gasteiger partial charge in [-0.05, 0) is 37.5 Å². The van der Waals surface area contributed by atoms with E-state index < -0.39 is 48.1 Å². The standard InChI is InChI=1S/C21H30F3N3O5/c1-19(2,3)18(31)27-11-20(5-6-20)9-14(27)17(30)26-13(8-12-4-7-25-16(12)29)15(28)10-32-21(22,23)24/h12-14H,4-11H2,1-3H3,(H,25,29)(H,26,30)/t12-,13-,14-/m0/s1. The van der Waals surface area contributed by atoms with Crippen LogP contribution in [-0.4, -0.2) is 66.5 Å². The van der Waals surface area contributed by atoms with Crippen LogP contribution in [0, 0.1) is 16.7 Å². The van der Waals surface area contributed by atoms with Crippen molar-refractivity contribution in [3.63, 3.8) is 0 Å². The zero-order valence-corrected chi connectivity index (χ0v) is 18.5. The second-order valence-corrected chi connectivity index (χ2v) is 10.2. The van der Waals surface area contributed by atoms with Gasteiger partial charge in [-0.15, -0.1) is 13.2 Å². The largest absolute Gasteiger partial charge is 0.522 e. The molecule has 0 radical (unpaired) electrons. The molecule has 3 fully saturated rings. The summed E-state index contributed by atoms with van der Waals surface area (Å²) in [6.45, 7) is 4.84. The van der Waals surface area contributed by atoms with Crippen LogP contribution < -0.4 is 10.6 Å². The molecule has 3 rings (SSSR count). The van der Waals surface area contributed by atoms with Crippen molar-refractivity contribution in [2.75, 3.05) is 19.7 Å². The minimum Gasteiger partial charge on any atom is -0.356 e. The lowest BCUT2D eigenvalue weighted by Gasteiger charge is -2.31. The van der Waals surface area contributed by atoms with Crippen LogP contribution in [0.4, 0.5) is 13.2 Å². The Morgan fingerprint density at radius 3 is 2.41 bits per heavy atom. The number of ether oxygens (including phenoxy) is 1. The molecule has 32 heavy (non-hydrogen) atoms. The molecular weight excluding hydrogens is 431 g/mol. The highest BCUT2D eigenvalue weighted by Crippen LogP contribution is 2.55. The van der Waals surface area contributed by atoms with Gasteiger partial charge in [0.25, 0.3) is 0 Å². The third-order valence-electron chi connectivity index (χ3n) is 6.44. The minimum atomic E-state index is -4.99. The number of carbonyl (C=O) groups is 4. The van der Waals surface area contributed by atoms with Crippen molar-refractivity contribution in [2.45, 2.75) is 71.3 Å². The Hall–Kier alpha value is -2.17. The van der Waals surface area contributed by atoms with Crippen LogP contribution in [0.2, 0.25) is 0 Å². The molecule has 1 saturated carbocycles. The van der Waals surface area contributed by atoms with Crippen molar-refractivity contribution < 1.29 is 37.1 Å². The van der Waals surface area contributed by atoms with E-state index in [1.54, 1.807) is 20.8 Å². The summed E-state index contributed by atoms with van der Waals surface area (Å²) in [6, 6.07) is -2.12. The fourth-order valence-corrected chi connectivity index (χ4v) is 4.42.